The van der Waals surface area contributed by atoms with E-state index in [1.54, 1.807) is 14.0 Å². The Morgan fingerprint density at radius 1 is 1.47 bits per heavy atom. The average molecular weight is 260 g/mol. The van der Waals surface area contributed by atoms with Crippen molar-refractivity contribution in [2.24, 2.45) is 5.10 Å². The quantitative estimate of drug-likeness (QED) is 0.823. The van der Waals surface area contributed by atoms with Crippen LogP contribution in [0.25, 0.3) is 0 Å². The normalized spacial score (nSPS) is 28.5. The van der Waals surface area contributed by atoms with Crippen molar-refractivity contribution in [3.63, 3.8) is 0 Å². The molecular weight excluding hydrogens is 244 g/mol. The topological polar surface area (TPSA) is 63.2 Å². The Balaban J connectivity index is 1.83. The molecule has 1 saturated heterocycles. The molecular formula is C14H16N2O3. The zero-order valence-electron chi connectivity index (χ0n) is 11.0. The molecule has 1 fully saturated rings. The van der Waals surface area contributed by atoms with Crippen molar-refractivity contribution < 1.29 is 14.3 Å². The van der Waals surface area contributed by atoms with Crippen molar-refractivity contribution >= 4 is 11.5 Å². The highest BCUT2D eigenvalue weighted by molar-refractivity contribution is 6.45. The summed E-state index contributed by atoms with van der Waals surface area (Å²) in [6.45, 7) is 2.94. The Labute approximate surface area is 111 Å². The van der Waals surface area contributed by atoms with Gasteiger partial charge >= 0.3 is 0 Å². The highest BCUT2D eigenvalue weighted by atomic mass is 16.6. The maximum Gasteiger partial charge on any atom is 0.213 e. The molecule has 1 N–H and O–H groups in total. The Kier molecular flexibility index (Phi) is 2.78. The first-order chi connectivity index (χ1) is 9.14. The molecule has 0 bridgehead atoms. The fourth-order valence-electron chi connectivity index (χ4n) is 2.23. The fourth-order valence-corrected chi connectivity index (χ4v) is 2.23. The van der Waals surface area contributed by atoms with Crippen molar-refractivity contribution in [2.45, 2.75) is 18.4 Å². The lowest BCUT2D eigenvalue weighted by Crippen LogP contribution is -2.32. The van der Waals surface area contributed by atoms with E-state index in [4.69, 9.17) is 9.47 Å². The first kappa shape index (κ1) is 12.2. The molecule has 0 unspecified atom stereocenters. The number of Topliss-reactive ketones (excluding diaryl/α,β-unsaturated/α-hetero) is 1. The first-order valence-electron chi connectivity index (χ1n) is 6.27. The first-order valence-corrected chi connectivity index (χ1v) is 6.27. The van der Waals surface area contributed by atoms with Crippen LogP contribution in [0.15, 0.2) is 29.4 Å². The Morgan fingerprint density at radius 2 is 2.16 bits per heavy atom. The second-order valence-corrected chi connectivity index (χ2v) is 5.03. The maximum atomic E-state index is 12.3. The lowest BCUT2D eigenvalue weighted by molar-refractivity contribution is -0.117. The molecule has 0 aromatic heterocycles. The molecule has 2 aliphatic rings. The molecule has 0 amide bonds. The van der Waals surface area contributed by atoms with E-state index in [1.807, 2.05) is 24.3 Å². The van der Waals surface area contributed by atoms with Gasteiger partial charge in [-0.05, 0) is 24.6 Å². The van der Waals surface area contributed by atoms with Crippen LogP contribution in [0.2, 0.25) is 0 Å². The van der Waals surface area contributed by atoms with Gasteiger partial charge in [0.25, 0.3) is 0 Å². The number of nitrogens with zero attached hydrogens (tertiary/aromatic N) is 1. The van der Waals surface area contributed by atoms with Gasteiger partial charge in [0.15, 0.2) is 5.60 Å². The summed E-state index contributed by atoms with van der Waals surface area (Å²) in [6.07, 6.45) is 0. The van der Waals surface area contributed by atoms with Crippen LogP contribution < -0.4 is 10.2 Å². The number of benzene rings is 1. The molecule has 100 valence electrons. The number of carbonyl (C=O) groups is 1. The Bertz CT molecular complexity index is 532. The van der Waals surface area contributed by atoms with Crippen molar-refractivity contribution in [3.05, 3.63) is 29.8 Å². The highest BCUT2D eigenvalue weighted by Gasteiger charge is 2.51. The summed E-state index contributed by atoms with van der Waals surface area (Å²) in [7, 11) is 1.63. The van der Waals surface area contributed by atoms with Crippen molar-refractivity contribution in [1.29, 1.82) is 0 Å². The number of hydrazone groups is 1. The molecule has 2 aliphatic heterocycles. The number of ether oxygens (including phenoxy) is 2. The molecule has 19 heavy (non-hydrogen) atoms. The van der Waals surface area contributed by atoms with Gasteiger partial charge in [-0.3, -0.25) is 4.79 Å². The van der Waals surface area contributed by atoms with Gasteiger partial charge in [0.05, 0.1) is 19.6 Å². The number of hydrogen-bond acceptors (Lipinski definition) is 5. The van der Waals surface area contributed by atoms with Gasteiger partial charge in [0.1, 0.15) is 11.5 Å². The van der Waals surface area contributed by atoms with Crippen LogP contribution >= 0.6 is 0 Å². The number of methoxy groups -OCH3 is 1. The Hall–Kier alpha value is -1.88. The SMILES string of the molecule is COc1ccc([C@H]2CNN=C2C(=O)[C@@]2(C)CO2)cc1. The van der Waals surface area contributed by atoms with Crippen LogP contribution in [-0.4, -0.2) is 37.4 Å². The molecule has 3 rings (SSSR count). The van der Waals surface area contributed by atoms with E-state index in [9.17, 15) is 4.79 Å². The van der Waals surface area contributed by atoms with Crippen molar-refractivity contribution in [2.75, 3.05) is 20.3 Å². The molecule has 2 atom stereocenters. The van der Waals surface area contributed by atoms with Gasteiger partial charge in [-0.25, -0.2) is 0 Å². The number of nitrogens with one attached hydrogen (secondary N) is 1. The smallest absolute Gasteiger partial charge is 0.213 e. The van der Waals surface area contributed by atoms with Crippen LogP contribution in [0, 0.1) is 0 Å². The molecule has 5 heteroatoms. The molecule has 0 aliphatic carbocycles. The van der Waals surface area contributed by atoms with Crippen LogP contribution in [-0.2, 0) is 9.53 Å². The fraction of sp³-hybridized carbons (Fsp3) is 0.429. The van der Waals surface area contributed by atoms with E-state index >= 15 is 0 Å². The number of ketones is 1. The predicted octanol–water partition coefficient (Wildman–Crippen LogP) is 1.10. The third-order valence-electron chi connectivity index (χ3n) is 3.63. The molecule has 0 saturated carbocycles. The van der Waals surface area contributed by atoms with Gasteiger partial charge in [0.2, 0.25) is 5.78 Å². The Morgan fingerprint density at radius 3 is 2.74 bits per heavy atom. The highest BCUT2D eigenvalue weighted by Crippen LogP contribution is 2.32. The molecule has 5 nitrogen and oxygen atoms in total. The number of rotatable bonds is 4. The second kappa shape index (κ2) is 4.35. The largest absolute Gasteiger partial charge is 0.497 e. The number of epoxide rings is 1. The minimum Gasteiger partial charge on any atom is -0.497 e. The molecule has 1 aromatic rings. The summed E-state index contributed by atoms with van der Waals surface area (Å²) in [5.74, 6) is 0.773. The van der Waals surface area contributed by atoms with Gasteiger partial charge < -0.3 is 14.9 Å². The summed E-state index contributed by atoms with van der Waals surface area (Å²) in [5, 5.41) is 4.15. The van der Waals surface area contributed by atoms with Gasteiger partial charge in [-0.1, -0.05) is 12.1 Å². The summed E-state index contributed by atoms with van der Waals surface area (Å²) in [5.41, 5.74) is 3.87. The molecule has 0 radical (unpaired) electrons. The van der Waals surface area contributed by atoms with E-state index < -0.39 is 5.60 Å². The van der Waals surface area contributed by atoms with Gasteiger partial charge in [-0.15, -0.1) is 0 Å². The zero-order valence-corrected chi connectivity index (χ0v) is 11.0. The minimum absolute atomic E-state index is 0.0144. The maximum absolute atomic E-state index is 12.3. The third kappa shape index (κ3) is 2.10. The van der Waals surface area contributed by atoms with E-state index in [-0.39, 0.29) is 11.7 Å². The zero-order chi connectivity index (χ0) is 13.5. The number of hydrogen-bond donors (Lipinski definition) is 1. The predicted molar refractivity (Wildman–Crippen MR) is 70.5 cm³/mol. The van der Waals surface area contributed by atoms with Crippen LogP contribution in [0.5, 0.6) is 5.75 Å². The van der Waals surface area contributed by atoms with Gasteiger partial charge in [0, 0.05) is 6.54 Å². The van der Waals surface area contributed by atoms with E-state index in [1.165, 1.54) is 0 Å². The summed E-state index contributed by atoms with van der Waals surface area (Å²) >= 11 is 0. The van der Waals surface area contributed by atoms with Crippen LogP contribution in [0.3, 0.4) is 0 Å². The number of carbonyl (C=O) groups excluding carboxylic acids is 1. The standard InChI is InChI=1S/C14H16N2O3/c1-14(8-19-14)13(17)12-11(7-15-16-12)9-3-5-10(18-2)6-4-9/h3-6,11,15H,7-8H2,1-2H3/t11-,14-/m1/s1. The average Bonchev–Trinajstić information content (AvgIpc) is 3.02. The lowest BCUT2D eigenvalue weighted by Gasteiger charge is -2.13. The van der Waals surface area contributed by atoms with E-state index in [2.05, 4.69) is 10.5 Å². The summed E-state index contributed by atoms with van der Waals surface area (Å²) in [4.78, 5) is 12.3. The molecule has 0 spiro atoms. The van der Waals surface area contributed by atoms with E-state index in [0.717, 1.165) is 11.3 Å². The summed E-state index contributed by atoms with van der Waals surface area (Å²) < 4.78 is 10.4. The van der Waals surface area contributed by atoms with Crippen LogP contribution in [0.4, 0.5) is 0 Å². The minimum atomic E-state index is -0.657. The summed E-state index contributed by atoms with van der Waals surface area (Å²) in [6, 6.07) is 7.72. The van der Waals surface area contributed by atoms with Crippen LogP contribution in [0.1, 0.15) is 18.4 Å². The lowest BCUT2D eigenvalue weighted by atomic mass is 9.89. The van der Waals surface area contributed by atoms with E-state index in [0.29, 0.717) is 18.9 Å². The molecule has 2 heterocycles. The van der Waals surface area contributed by atoms with Crippen molar-refractivity contribution in [1.82, 2.24) is 5.43 Å². The van der Waals surface area contributed by atoms with Gasteiger partial charge in [-0.2, -0.15) is 5.10 Å². The second-order valence-electron chi connectivity index (χ2n) is 5.03. The van der Waals surface area contributed by atoms with Crippen molar-refractivity contribution in [3.8, 4) is 5.75 Å². The molecule has 1 aromatic carbocycles. The monoisotopic (exact) mass is 260 g/mol. The third-order valence-corrected chi connectivity index (χ3v) is 3.63.